The molecule has 0 radical (unpaired) electrons. The molecule has 0 saturated carbocycles. The van der Waals surface area contributed by atoms with Crippen molar-refractivity contribution in [3.8, 4) is 0 Å². The Morgan fingerprint density at radius 2 is 2.00 bits per heavy atom. The van der Waals surface area contributed by atoms with Crippen molar-refractivity contribution in [3.05, 3.63) is 0 Å². The lowest BCUT2D eigenvalue weighted by molar-refractivity contribution is -0.912. The van der Waals surface area contributed by atoms with Crippen LogP contribution in [0, 0.1) is 0 Å². The number of quaternary nitrogens is 1. The molecule has 2 unspecified atom stereocenters. The van der Waals surface area contributed by atoms with E-state index in [-0.39, 0.29) is 12.4 Å². The predicted molar refractivity (Wildman–Crippen MR) is 48.9 cm³/mol. The second-order valence-electron chi connectivity index (χ2n) is 3.79. The third kappa shape index (κ3) is 3.32. The highest BCUT2D eigenvalue weighted by Gasteiger charge is 2.26. The smallest absolute Gasteiger partial charge is 0.0876 e. The topological polar surface area (TPSA) is 4.44 Å². The molecular weight excluding hydrogens is 170 g/mol. The van der Waals surface area contributed by atoms with Crippen LogP contribution in [-0.2, 0) is 0 Å². The largest absolute Gasteiger partial charge is 1.00 e. The quantitative estimate of drug-likeness (QED) is 0.538. The maximum atomic E-state index is 2.31. The summed E-state index contributed by atoms with van der Waals surface area (Å²) in [6.07, 6.45) is 7.14. The molecule has 0 spiro atoms. The summed E-state index contributed by atoms with van der Waals surface area (Å²) < 4.78 is 0. The van der Waals surface area contributed by atoms with Crippen LogP contribution < -0.4 is 17.3 Å². The third-order valence-electron chi connectivity index (χ3n) is 2.84. The molecule has 0 aromatic carbocycles. The van der Waals surface area contributed by atoms with Crippen molar-refractivity contribution in [1.29, 1.82) is 0 Å². The molecule has 2 heteroatoms. The first-order valence-corrected chi connectivity index (χ1v) is 5.23. The van der Waals surface area contributed by atoms with E-state index in [0.29, 0.717) is 0 Å². The third-order valence-corrected chi connectivity index (χ3v) is 2.84. The Balaban J connectivity index is 0.00000121. The van der Waals surface area contributed by atoms with E-state index in [1.54, 1.807) is 0 Å². The molecule has 1 nitrogen and oxygen atoms in total. The minimum atomic E-state index is 0. The second-order valence-corrected chi connectivity index (χ2v) is 3.79. The van der Waals surface area contributed by atoms with Crippen molar-refractivity contribution in [3.63, 3.8) is 0 Å². The molecule has 0 amide bonds. The van der Waals surface area contributed by atoms with Gasteiger partial charge in [-0.2, -0.15) is 0 Å². The van der Waals surface area contributed by atoms with Gasteiger partial charge < -0.3 is 17.3 Å². The van der Waals surface area contributed by atoms with Crippen molar-refractivity contribution in [2.45, 2.75) is 52.0 Å². The maximum Gasteiger partial charge on any atom is 0.0876 e. The van der Waals surface area contributed by atoms with Crippen molar-refractivity contribution >= 4 is 0 Å². The highest BCUT2D eigenvalue weighted by molar-refractivity contribution is 4.61. The van der Waals surface area contributed by atoms with Gasteiger partial charge in [-0.1, -0.05) is 20.3 Å². The number of halogens is 1. The second kappa shape index (κ2) is 6.73. The Kier molecular flexibility index (Phi) is 6.87. The zero-order valence-corrected chi connectivity index (χ0v) is 9.16. The van der Waals surface area contributed by atoms with Crippen LogP contribution in [0.4, 0.5) is 0 Å². The van der Waals surface area contributed by atoms with Gasteiger partial charge in [-0.15, -0.1) is 0 Å². The molecule has 1 saturated heterocycles. The van der Waals surface area contributed by atoms with Gasteiger partial charge in [-0.25, -0.2) is 0 Å². The fourth-order valence-electron chi connectivity index (χ4n) is 2.33. The zero-order valence-electron chi connectivity index (χ0n) is 8.41. The highest BCUT2D eigenvalue weighted by Crippen LogP contribution is 2.05. The molecule has 12 heavy (non-hydrogen) atoms. The molecule has 1 aliphatic rings. The molecule has 0 aliphatic carbocycles. The molecular formula is C10H22ClN. The van der Waals surface area contributed by atoms with Gasteiger partial charge in [0.2, 0.25) is 0 Å². The summed E-state index contributed by atoms with van der Waals surface area (Å²) in [7, 11) is 0. The van der Waals surface area contributed by atoms with Gasteiger partial charge in [0, 0.05) is 12.8 Å². The molecule has 2 atom stereocenters. The van der Waals surface area contributed by atoms with E-state index in [1.807, 2.05) is 4.90 Å². The van der Waals surface area contributed by atoms with Gasteiger partial charge in [0.25, 0.3) is 0 Å². The minimum absolute atomic E-state index is 0. The first kappa shape index (κ1) is 12.2. The Morgan fingerprint density at radius 1 is 1.25 bits per heavy atom. The fraction of sp³-hybridized carbons (Fsp3) is 1.00. The Morgan fingerprint density at radius 3 is 2.58 bits per heavy atom. The van der Waals surface area contributed by atoms with Crippen LogP contribution in [0.3, 0.4) is 0 Å². The minimum Gasteiger partial charge on any atom is -1.00 e. The monoisotopic (exact) mass is 191 g/mol. The van der Waals surface area contributed by atoms with Gasteiger partial charge in [0.15, 0.2) is 0 Å². The van der Waals surface area contributed by atoms with E-state index in [1.165, 1.54) is 45.2 Å². The lowest BCUT2D eigenvalue weighted by Gasteiger charge is -2.20. The summed E-state index contributed by atoms with van der Waals surface area (Å²) in [5.41, 5.74) is 0. The molecule has 1 rings (SSSR count). The summed E-state index contributed by atoms with van der Waals surface area (Å²) in [5.74, 6) is 0. The van der Waals surface area contributed by atoms with Crippen LogP contribution in [0.5, 0.6) is 0 Å². The van der Waals surface area contributed by atoms with Gasteiger partial charge in [-0.3, -0.25) is 0 Å². The van der Waals surface area contributed by atoms with Crippen LogP contribution in [0.1, 0.15) is 46.0 Å². The molecule has 0 aromatic rings. The summed E-state index contributed by atoms with van der Waals surface area (Å²) >= 11 is 0. The van der Waals surface area contributed by atoms with E-state index >= 15 is 0 Å². The fourth-order valence-corrected chi connectivity index (χ4v) is 2.33. The summed E-state index contributed by atoms with van der Waals surface area (Å²) in [6.45, 7) is 7.46. The average Bonchev–Trinajstić information content (AvgIpc) is 2.39. The normalized spacial score (nSPS) is 28.5. The van der Waals surface area contributed by atoms with Gasteiger partial charge in [-0.05, 0) is 12.8 Å². The molecule has 1 aliphatic heterocycles. The number of likely N-dealkylation sites (tertiary alicyclic amines) is 1. The van der Waals surface area contributed by atoms with Crippen molar-refractivity contribution in [2.24, 2.45) is 0 Å². The lowest BCUT2D eigenvalue weighted by Crippen LogP contribution is -3.13. The van der Waals surface area contributed by atoms with Crippen LogP contribution >= 0.6 is 0 Å². The number of rotatable bonds is 4. The average molecular weight is 192 g/mol. The van der Waals surface area contributed by atoms with E-state index in [0.717, 1.165) is 6.04 Å². The standard InChI is InChI=1S/C10H21N.ClH/c1-3-6-10-7-5-9-11(10)8-4-2;/h10H,3-9H2,1-2H3;1H. The predicted octanol–water partition coefficient (Wildman–Crippen LogP) is -1.75. The van der Waals surface area contributed by atoms with Crippen LogP contribution in [-0.4, -0.2) is 19.1 Å². The zero-order chi connectivity index (χ0) is 8.10. The van der Waals surface area contributed by atoms with E-state index in [2.05, 4.69) is 13.8 Å². The lowest BCUT2D eigenvalue weighted by atomic mass is 10.1. The van der Waals surface area contributed by atoms with E-state index < -0.39 is 0 Å². The molecule has 1 heterocycles. The molecule has 1 N–H and O–H groups in total. The molecule has 74 valence electrons. The first-order valence-electron chi connectivity index (χ1n) is 5.23. The molecule has 0 bridgehead atoms. The van der Waals surface area contributed by atoms with Crippen LogP contribution in [0.2, 0.25) is 0 Å². The highest BCUT2D eigenvalue weighted by atomic mass is 35.5. The Hall–Kier alpha value is 0.250. The summed E-state index contributed by atoms with van der Waals surface area (Å²) in [4.78, 5) is 1.88. The van der Waals surface area contributed by atoms with E-state index in [4.69, 9.17) is 0 Å². The van der Waals surface area contributed by atoms with E-state index in [9.17, 15) is 0 Å². The number of nitrogens with one attached hydrogen (secondary N) is 1. The van der Waals surface area contributed by atoms with Crippen LogP contribution in [0.15, 0.2) is 0 Å². The number of hydrogen-bond donors (Lipinski definition) is 1. The first-order chi connectivity index (χ1) is 5.38. The maximum absolute atomic E-state index is 2.31. The van der Waals surface area contributed by atoms with Crippen molar-refractivity contribution in [2.75, 3.05) is 13.1 Å². The van der Waals surface area contributed by atoms with Crippen molar-refractivity contribution < 1.29 is 17.3 Å². The van der Waals surface area contributed by atoms with Gasteiger partial charge in [0.1, 0.15) is 0 Å². The summed E-state index contributed by atoms with van der Waals surface area (Å²) in [5, 5.41) is 0. The Labute approximate surface area is 82.9 Å². The SMILES string of the molecule is CCCC1CCC[NH+]1CCC.[Cl-]. The van der Waals surface area contributed by atoms with Crippen LogP contribution in [0.25, 0.3) is 0 Å². The van der Waals surface area contributed by atoms with Crippen molar-refractivity contribution in [1.82, 2.24) is 0 Å². The number of hydrogen-bond acceptors (Lipinski definition) is 0. The molecule has 0 aromatic heterocycles. The Bertz CT molecular complexity index is 94.0. The van der Waals surface area contributed by atoms with Gasteiger partial charge >= 0.3 is 0 Å². The van der Waals surface area contributed by atoms with Gasteiger partial charge in [0.05, 0.1) is 19.1 Å². The summed E-state index contributed by atoms with van der Waals surface area (Å²) in [6, 6.07) is 1.01. The molecule has 1 fully saturated rings.